The van der Waals surface area contributed by atoms with Gasteiger partial charge in [0, 0.05) is 23.0 Å². The lowest BCUT2D eigenvalue weighted by Gasteiger charge is -2.08. The minimum atomic E-state index is -3.32. The van der Waals surface area contributed by atoms with Crippen LogP contribution in [0.15, 0.2) is 23.0 Å². The number of hydrogen-bond donors (Lipinski definition) is 2. The van der Waals surface area contributed by atoms with Gasteiger partial charge in [-0.15, -0.1) is 0 Å². The Labute approximate surface area is 124 Å². The van der Waals surface area contributed by atoms with E-state index >= 15 is 0 Å². The van der Waals surface area contributed by atoms with Gasteiger partial charge in [-0.3, -0.25) is 4.79 Å². The Bertz CT molecular complexity index is 823. The normalized spacial score (nSPS) is 12.0. The van der Waals surface area contributed by atoms with Crippen molar-refractivity contribution in [2.75, 3.05) is 5.75 Å². The molecule has 0 amide bonds. The smallest absolute Gasteiger partial charge is 0.252 e. The molecule has 0 saturated heterocycles. The summed E-state index contributed by atoms with van der Waals surface area (Å²) in [7, 11) is -3.32. The maximum absolute atomic E-state index is 12.0. The van der Waals surface area contributed by atoms with Gasteiger partial charge in [-0.1, -0.05) is 13.0 Å². The number of nitrogens with one attached hydrogen (secondary N) is 2. The maximum Gasteiger partial charge on any atom is 0.252 e. The standard InChI is InChI=1S/C15H20N2O3S/c1-4-5-21(19,20)16-9-12-8-13-11(3)6-10(2)7-14(13)17-15(12)18/h6-8,16H,4-5,9H2,1-3H3,(H,17,18). The second kappa shape index (κ2) is 5.99. The predicted molar refractivity (Wildman–Crippen MR) is 85.0 cm³/mol. The van der Waals surface area contributed by atoms with Crippen LogP contribution in [-0.2, 0) is 16.6 Å². The fraction of sp³-hybridized carbons (Fsp3) is 0.400. The molecule has 0 spiro atoms. The highest BCUT2D eigenvalue weighted by atomic mass is 32.2. The molecule has 0 bridgehead atoms. The van der Waals surface area contributed by atoms with Crippen LogP contribution < -0.4 is 10.3 Å². The number of pyridine rings is 1. The van der Waals surface area contributed by atoms with E-state index in [1.807, 2.05) is 26.0 Å². The lowest BCUT2D eigenvalue weighted by molar-refractivity contribution is 0.579. The number of aromatic nitrogens is 1. The third-order valence-electron chi connectivity index (χ3n) is 3.35. The van der Waals surface area contributed by atoms with E-state index in [0.717, 1.165) is 22.0 Å². The number of aromatic amines is 1. The monoisotopic (exact) mass is 308 g/mol. The predicted octanol–water partition coefficient (Wildman–Crippen LogP) is 1.97. The lowest BCUT2D eigenvalue weighted by atomic mass is 10.0. The molecule has 1 aromatic heterocycles. The molecule has 0 unspecified atom stereocenters. The third kappa shape index (κ3) is 3.71. The molecule has 1 heterocycles. The highest BCUT2D eigenvalue weighted by Crippen LogP contribution is 2.18. The van der Waals surface area contributed by atoms with Crippen molar-refractivity contribution in [2.45, 2.75) is 33.7 Å². The first-order valence-corrected chi connectivity index (χ1v) is 8.58. The van der Waals surface area contributed by atoms with Crippen molar-refractivity contribution < 1.29 is 8.42 Å². The fourth-order valence-electron chi connectivity index (χ4n) is 2.38. The molecule has 2 N–H and O–H groups in total. The molecule has 0 radical (unpaired) electrons. The molecule has 1 aromatic carbocycles. The van der Waals surface area contributed by atoms with Gasteiger partial charge < -0.3 is 4.98 Å². The average molecular weight is 308 g/mol. The topological polar surface area (TPSA) is 79.0 Å². The number of aryl methyl sites for hydroxylation is 2. The van der Waals surface area contributed by atoms with Crippen LogP contribution in [0.25, 0.3) is 10.9 Å². The van der Waals surface area contributed by atoms with Crippen LogP contribution >= 0.6 is 0 Å². The molecule has 6 heteroatoms. The van der Waals surface area contributed by atoms with Gasteiger partial charge in [0.25, 0.3) is 5.56 Å². The van der Waals surface area contributed by atoms with Gasteiger partial charge in [0.05, 0.1) is 5.75 Å². The zero-order valence-corrected chi connectivity index (χ0v) is 13.3. The quantitative estimate of drug-likeness (QED) is 0.886. The van der Waals surface area contributed by atoms with Crippen LogP contribution in [0.5, 0.6) is 0 Å². The third-order valence-corrected chi connectivity index (χ3v) is 4.87. The number of sulfonamides is 1. The zero-order chi connectivity index (χ0) is 15.6. The van der Waals surface area contributed by atoms with Crippen LogP contribution in [0, 0.1) is 13.8 Å². The van der Waals surface area contributed by atoms with E-state index < -0.39 is 10.0 Å². The SMILES string of the molecule is CCCS(=O)(=O)NCc1cc2c(C)cc(C)cc2[nH]c1=O. The van der Waals surface area contributed by atoms with Gasteiger partial charge >= 0.3 is 0 Å². The van der Waals surface area contributed by atoms with E-state index in [4.69, 9.17) is 0 Å². The minimum Gasteiger partial charge on any atom is -0.322 e. The molecule has 2 aromatic rings. The van der Waals surface area contributed by atoms with E-state index in [2.05, 4.69) is 9.71 Å². The molecule has 0 atom stereocenters. The Morgan fingerprint density at radius 1 is 1.19 bits per heavy atom. The first-order chi connectivity index (χ1) is 9.82. The molecule has 0 fully saturated rings. The summed E-state index contributed by atoms with van der Waals surface area (Å²) in [6, 6.07) is 5.71. The first-order valence-electron chi connectivity index (χ1n) is 6.93. The minimum absolute atomic E-state index is 0.0148. The molecular formula is C15H20N2O3S. The Morgan fingerprint density at radius 2 is 1.90 bits per heavy atom. The van der Waals surface area contributed by atoms with Crippen molar-refractivity contribution >= 4 is 20.9 Å². The van der Waals surface area contributed by atoms with Crippen molar-refractivity contribution in [3.05, 3.63) is 45.2 Å². The second-order valence-electron chi connectivity index (χ2n) is 5.31. The van der Waals surface area contributed by atoms with Crippen LogP contribution in [0.4, 0.5) is 0 Å². The fourth-order valence-corrected chi connectivity index (χ4v) is 3.43. The summed E-state index contributed by atoms with van der Waals surface area (Å²) in [4.78, 5) is 14.9. The van der Waals surface area contributed by atoms with Crippen LogP contribution in [0.2, 0.25) is 0 Å². The van der Waals surface area contributed by atoms with Gasteiger partial charge in [-0.05, 0) is 43.5 Å². The van der Waals surface area contributed by atoms with E-state index in [1.165, 1.54) is 0 Å². The van der Waals surface area contributed by atoms with Gasteiger partial charge in [0.2, 0.25) is 10.0 Å². The highest BCUT2D eigenvalue weighted by molar-refractivity contribution is 7.89. The number of fused-ring (bicyclic) bond motifs is 1. The van der Waals surface area contributed by atoms with E-state index in [0.29, 0.717) is 12.0 Å². The summed E-state index contributed by atoms with van der Waals surface area (Å²) < 4.78 is 25.8. The largest absolute Gasteiger partial charge is 0.322 e. The molecule has 0 aliphatic carbocycles. The average Bonchev–Trinajstić information content (AvgIpc) is 2.36. The van der Waals surface area contributed by atoms with E-state index in [1.54, 1.807) is 13.0 Å². The first kappa shape index (κ1) is 15.7. The number of H-pyrrole nitrogens is 1. The summed E-state index contributed by atoms with van der Waals surface area (Å²) in [6.45, 7) is 5.75. The van der Waals surface area contributed by atoms with Crippen molar-refractivity contribution in [2.24, 2.45) is 0 Å². The molecule has 0 saturated carbocycles. The summed E-state index contributed by atoms with van der Waals surface area (Å²) in [5.41, 5.74) is 3.07. The van der Waals surface area contributed by atoms with Crippen LogP contribution in [0.3, 0.4) is 0 Å². The second-order valence-corrected chi connectivity index (χ2v) is 7.23. The summed E-state index contributed by atoms with van der Waals surface area (Å²) in [5.74, 6) is 0.0662. The molecule has 5 nitrogen and oxygen atoms in total. The van der Waals surface area contributed by atoms with E-state index in [9.17, 15) is 13.2 Å². The van der Waals surface area contributed by atoms with Crippen molar-refractivity contribution in [3.63, 3.8) is 0 Å². The molecule has 0 aliphatic rings. The summed E-state index contributed by atoms with van der Waals surface area (Å²) >= 11 is 0. The Morgan fingerprint density at radius 3 is 2.57 bits per heavy atom. The highest BCUT2D eigenvalue weighted by Gasteiger charge is 2.11. The molecule has 0 aliphatic heterocycles. The van der Waals surface area contributed by atoms with Gasteiger partial charge in [0.15, 0.2) is 0 Å². The summed E-state index contributed by atoms with van der Waals surface area (Å²) in [6.07, 6.45) is 0.543. The molecule has 2 rings (SSSR count). The van der Waals surface area contributed by atoms with Crippen LogP contribution in [-0.4, -0.2) is 19.2 Å². The zero-order valence-electron chi connectivity index (χ0n) is 12.5. The summed E-state index contributed by atoms with van der Waals surface area (Å²) in [5, 5.41) is 0.935. The van der Waals surface area contributed by atoms with Crippen molar-refractivity contribution in [1.29, 1.82) is 0 Å². The molecule has 21 heavy (non-hydrogen) atoms. The van der Waals surface area contributed by atoms with Gasteiger partial charge in [0.1, 0.15) is 0 Å². The lowest BCUT2D eigenvalue weighted by Crippen LogP contribution is -2.28. The van der Waals surface area contributed by atoms with Crippen molar-refractivity contribution in [1.82, 2.24) is 9.71 Å². The van der Waals surface area contributed by atoms with Crippen molar-refractivity contribution in [3.8, 4) is 0 Å². The number of rotatable bonds is 5. The number of hydrogen-bond acceptors (Lipinski definition) is 3. The van der Waals surface area contributed by atoms with Crippen LogP contribution in [0.1, 0.15) is 30.0 Å². The van der Waals surface area contributed by atoms with E-state index in [-0.39, 0.29) is 17.9 Å². The maximum atomic E-state index is 12.0. The Kier molecular flexibility index (Phi) is 4.49. The molecule has 114 valence electrons. The Balaban J connectivity index is 2.38. The number of benzene rings is 1. The Hall–Kier alpha value is -1.66. The van der Waals surface area contributed by atoms with Gasteiger partial charge in [-0.2, -0.15) is 0 Å². The van der Waals surface area contributed by atoms with Gasteiger partial charge in [-0.25, -0.2) is 13.1 Å². The molecular weight excluding hydrogens is 288 g/mol.